The molecule has 0 bridgehead atoms. The number of carbonyl (C=O) groups excluding carboxylic acids is 3. The maximum absolute atomic E-state index is 13.7. The van der Waals surface area contributed by atoms with Crippen molar-refractivity contribution in [2.45, 2.75) is 122 Å². The molecule has 1 aromatic rings. The van der Waals surface area contributed by atoms with Crippen molar-refractivity contribution in [2.75, 3.05) is 13.2 Å². The molecule has 1 aromatic carbocycles. The van der Waals surface area contributed by atoms with E-state index in [1.807, 2.05) is 0 Å². The van der Waals surface area contributed by atoms with Crippen LogP contribution in [-0.2, 0) is 24.5 Å². The number of carbonyl (C=O) groups is 3. The first-order chi connectivity index (χ1) is 17.5. The van der Waals surface area contributed by atoms with Gasteiger partial charge in [0.2, 0.25) is 0 Å². The summed E-state index contributed by atoms with van der Waals surface area (Å²) in [4.78, 5) is 39.9. The number of ketones is 1. The molecular formula is C31H48O5. The van der Waals surface area contributed by atoms with E-state index in [1.54, 1.807) is 24.3 Å². The second-order valence-electron chi connectivity index (χ2n) is 10.3. The lowest BCUT2D eigenvalue weighted by atomic mass is 9.75. The van der Waals surface area contributed by atoms with Crippen molar-refractivity contribution in [3.8, 4) is 0 Å². The molecule has 0 heterocycles. The van der Waals surface area contributed by atoms with Crippen LogP contribution in [0, 0.1) is 5.92 Å². The van der Waals surface area contributed by atoms with E-state index in [0.717, 1.165) is 89.9 Å². The third kappa shape index (κ3) is 9.05. The summed E-state index contributed by atoms with van der Waals surface area (Å²) in [6.07, 6.45) is 14.0. The Morgan fingerprint density at radius 1 is 0.694 bits per heavy atom. The van der Waals surface area contributed by atoms with E-state index >= 15 is 0 Å². The SMILES string of the molecule is CCCCCCOC(=O)C(CCCCCC)(C(=O)OCCCCCC)c1ccc(C(=O)C2CC2)cc1. The zero-order valence-electron chi connectivity index (χ0n) is 22.9. The number of rotatable bonds is 20. The number of hydrogen-bond acceptors (Lipinski definition) is 5. The van der Waals surface area contributed by atoms with Crippen molar-refractivity contribution in [2.24, 2.45) is 5.92 Å². The van der Waals surface area contributed by atoms with E-state index in [9.17, 15) is 14.4 Å². The Morgan fingerprint density at radius 2 is 1.17 bits per heavy atom. The fourth-order valence-electron chi connectivity index (χ4n) is 4.62. The maximum Gasteiger partial charge on any atom is 0.328 e. The summed E-state index contributed by atoms with van der Waals surface area (Å²) < 4.78 is 11.5. The van der Waals surface area contributed by atoms with E-state index in [2.05, 4.69) is 20.8 Å². The first-order valence-electron chi connectivity index (χ1n) is 14.5. The molecule has 0 unspecified atom stereocenters. The van der Waals surface area contributed by atoms with Gasteiger partial charge in [-0.2, -0.15) is 0 Å². The Morgan fingerprint density at radius 3 is 1.61 bits per heavy atom. The standard InChI is InChI=1S/C31H48O5/c1-4-7-10-13-22-31(29(33)35-23-14-11-8-5-2,30(34)36-24-15-12-9-6-3)27-20-18-26(19-21-27)28(32)25-16-17-25/h18-21,25H,4-17,22-24H2,1-3H3. The third-order valence-corrected chi connectivity index (χ3v) is 7.17. The van der Waals surface area contributed by atoms with Crippen LogP contribution in [0.5, 0.6) is 0 Å². The average molecular weight is 501 g/mol. The molecule has 0 atom stereocenters. The molecule has 36 heavy (non-hydrogen) atoms. The molecule has 1 aliphatic rings. The molecule has 0 aliphatic heterocycles. The van der Waals surface area contributed by atoms with Crippen molar-refractivity contribution in [3.63, 3.8) is 0 Å². The lowest BCUT2D eigenvalue weighted by molar-refractivity contribution is -0.166. The normalized spacial score (nSPS) is 13.4. The molecule has 202 valence electrons. The van der Waals surface area contributed by atoms with Crippen molar-refractivity contribution in [3.05, 3.63) is 35.4 Å². The highest BCUT2D eigenvalue weighted by Crippen LogP contribution is 2.36. The number of Topliss-reactive ketones (excluding diaryl/α,β-unsaturated/α-hetero) is 1. The van der Waals surface area contributed by atoms with Crippen LogP contribution in [0.4, 0.5) is 0 Å². The van der Waals surface area contributed by atoms with Gasteiger partial charge in [0.15, 0.2) is 11.2 Å². The highest BCUT2D eigenvalue weighted by atomic mass is 16.6. The van der Waals surface area contributed by atoms with Gasteiger partial charge in [0.1, 0.15) is 0 Å². The zero-order valence-corrected chi connectivity index (χ0v) is 22.9. The number of unbranched alkanes of at least 4 members (excludes halogenated alkanes) is 9. The van der Waals surface area contributed by atoms with Gasteiger partial charge in [0, 0.05) is 11.5 Å². The minimum atomic E-state index is -1.50. The fourth-order valence-corrected chi connectivity index (χ4v) is 4.62. The van der Waals surface area contributed by atoms with Crippen molar-refractivity contribution in [1.82, 2.24) is 0 Å². The molecule has 0 radical (unpaired) electrons. The zero-order chi connectivity index (χ0) is 26.2. The monoisotopic (exact) mass is 500 g/mol. The van der Waals surface area contributed by atoms with E-state index in [-0.39, 0.29) is 11.7 Å². The minimum Gasteiger partial charge on any atom is -0.465 e. The van der Waals surface area contributed by atoms with Crippen LogP contribution >= 0.6 is 0 Å². The van der Waals surface area contributed by atoms with Crippen LogP contribution < -0.4 is 0 Å². The lowest BCUT2D eigenvalue weighted by Crippen LogP contribution is -2.46. The van der Waals surface area contributed by atoms with Crippen LogP contribution in [0.15, 0.2) is 24.3 Å². The topological polar surface area (TPSA) is 69.7 Å². The predicted molar refractivity (Wildman–Crippen MR) is 144 cm³/mol. The van der Waals surface area contributed by atoms with Crippen molar-refractivity contribution >= 4 is 17.7 Å². The number of ether oxygens (including phenoxy) is 2. The Labute approximate surface area is 218 Å². The van der Waals surface area contributed by atoms with Crippen molar-refractivity contribution < 1.29 is 23.9 Å². The minimum absolute atomic E-state index is 0.121. The van der Waals surface area contributed by atoms with Crippen LogP contribution in [0.1, 0.15) is 133 Å². The number of esters is 2. The summed E-state index contributed by atoms with van der Waals surface area (Å²) in [5, 5.41) is 0. The fraction of sp³-hybridized carbons (Fsp3) is 0.710. The predicted octanol–water partition coefficient (Wildman–Crippen LogP) is 7.73. The highest BCUT2D eigenvalue weighted by molar-refractivity contribution is 6.06. The quantitative estimate of drug-likeness (QED) is 0.0793. The molecule has 1 aliphatic carbocycles. The number of hydrogen-bond donors (Lipinski definition) is 0. The highest BCUT2D eigenvalue weighted by Gasteiger charge is 2.50. The van der Waals surface area contributed by atoms with Gasteiger partial charge in [-0.1, -0.05) is 109 Å². The lowest BCUT2D eigenvalue weighted by Gasteiger charge is -2.30. The Bertz CT molecular complexity index is 768. The van der Waals surface area contributed by atoms with E-state index < -0.39 is 17.4 Å². The molecule has 0 aromatic heterocycles. The third-order valence-electron chi connectivity index (χ3n) is 7.17. The first kappa shape index (κ1) is 30.1. The second kappa shape index (κ2) is 16.6. The van der Waals surface area contributed by atoms with Gasteiger partial charge in [-0.05, 0) is 37.7 Å². The van der Waals surface area contributed by atoms with Crippen LogP contribution in [-0.4, -0.2) is 30.9 Å². The maximum atomic E-state index is 13.7. The molecule has 5 heteroatoms. The molecule has 5 nitrogen and oxygen atoms in total. The van der Waals surface area contributed by atoms with Gasteiger partial charge in [-0.15, -0.1) is 0 Å². The second-order valence-corrected chi connectivity index (χ2v) is 10.3. The average Bonchev–Trinajstić information content (AvgIpc) is 3.74. The van der Waals surface area contributed by atoms with Crippen LogP contribution in [0.3, 0.4) is 0 Å². The summed E-state index contributed by atoms with van der Waals surface area (Å²) in [5.41, 5.74) is -0.282. The molecule has 2 rings (SSSR count). The molecule has 0 spiro atoms. The summed E-state index contributed by atoms with van der Waals surface area (Å²) >= 11 is 0. The first-order valence-corrected chi connectivity index (χ1v) is 14.5. The molecular weight excluding hydrogens is 452 g/mol. The molecule has 0 saturated heterocycles. The van der Waals surface area contributed by atoms with Gasteiger partial charge in [-0.25, -0.2) is 0 Å². The van der Waals surface area contributed by atoms with Crippen LogP contribution in [0.2, 0.25) is 0 Å². The van der Waals surface area contributed by atoms with Crippen molar-refractivity contribution in [1.29, 1.82) is 0 Å². The Hall–Kier alpha value is -2.17. The Balaban J connectivity index is 2.29. The van der Waals surface area contributed by atoms with E-state index in [4.69, 9.17) is 9.47 Å². The van der Waals surface area contributed by atoms with Gasteiger partial charge in [0.25, 0.3) is 0 Å². The van der Waals surface area contributed by atoms with Crippen LogP contribution in [0.25, 0.3) is 0 Å². The van der Waals surface area contributed by atoms with E-state index in [1.165, 1.54) is 0 Å². The number of benzene rings is 1. The summed E-state index contributed by atoms with van der Waals surface area (Å²) in [6, 6.07) is 7.07. The van der Waals surface area contributed by atoms with E-state index in [0.29, 0.717) is 30.8 Å². The molecule has 0 amide bonds. The smallest absolute Gasteiger partial charge is 0.328 e. The molecule has 0 N–H and O–H groups in total. The van der Waals surface area contributed by atoms with Gasteiger partial charge in [-0.3, -0.25) is 14.4 Å². The summed E-state index contributed by atoms with van der Waals surface area (Å²) in [6.45, 7) is 7.02. The molecule has 1 fully saturated rings. The largest absolute Gasteiger partial charge is 0.465 e. The van der Waals surface area contributed by atoms with Gasteiger partial charge < -0.3 is 9.47 Å². The van der Waals surface area contributed by atoms with Gasteiger partial charge >= 0.3 is 11.9 Å². The Kier molecular flexibility index (Phi) is 13.8. The summed E-state index contributed by atoms with van der Waals surface area (Å²) in [5.74, 6) is -0.770. The molecule has 1 saturated carbocycles. The summed E-state index contributed by atoms with van der Waals surface area (Å²) in [7, 11) is 0. The van der Waals surface area contributed by atoms with Gasteiger partial charge in [0.05, 0.1) is 13.2 Å².